The summed E-state index contributed by atoms with van der Waals surface area (Å²) in [6.45, 7) is 1.37. The van der Waals surface area contributed by atoms with Gasteiger partial charge in [0, 0.05) is 58.0 Å². The van der Waals surface area contributed by atoms with Crippen LogP contribution in [0.15, 0.2) is 42.5 Å². The van der Waals surface area contributed by atoms with E-state index in [4.69, 9.17) is 4.74 Å². The average molecular weight is 479 g/mol. The van der Waals surface area contributed by atoms with Gasteiger partial charge in [-0.05, 0) is 23.8 Å². The number of urea groups is 1. The lowest BCUT2D eigenvalue weighted by Gasteiger charge is -2.56. The highest BCUT2D eigenvalue weighted by Gasteiger charge is 2.64. The molecule has 2 aromatic carbocycles. The zero-order valence-corrected chi connectivity index (χ0v) is 19.6. The Kier molecular flexibility index (Phi) is 5.15. The molecule has 2 saturated heterocycles. The summed E-state index contributed by atoms with van der Waals surface area (Å²) in [5.74, 6) is -0.521. The van der Waals surface area contributed by atoms with Crippen LogP contribution < -0.4 is 14.5 Å². The summed E-state index contributed by atoms with van der Waals surface area (Å²) >= 11 is 0. The number of ether oxygens (including phenoxy) is 1. The Morgan fingerprint density at radius 3 is 2.34 bits per heavy atom. The lowest BCUT2D eigenvalue weighted by molar-refractivity contribution is -0.384. The van der Waals surface area contributed by atoms with Crippen molar-refractivity contribution in [2.24, 2.45) is 5.41 Å². The highest BCUT2D eigenvalue weighted by Crippen LogP contribution is 2.48. The number of non-ortho nitro benzene ring substituents is 1. The number of carbonyl (C=O) groups is 3. The van der Waals surface area contributed by atoms with Crippen LogP contribution in [-0.4, -0.2) is 79.4 Å². The molecule has 182 valence electrons. The summed E-state index contributed by atoms with van der Waals surface area (Å²) in [7, 11) is 4.32. The third kappa shape index (κ3) is 3.14. The van der Waals surface area contributed by atoms with Crippen LogP contribution in [-0.2, 0) is 16.0 Å². The van der Waals surface area contributed by atoms with Gasteiger partial charge in [0.15, 0.2) is 5.41 Å². The first-order chi connectivity index (χ1) is 16.7. The lowest BCUT2D eigenvalue weighted by atomic mass is 9.67. The molecule has 5 rings (SSSR count). The monoisotopic (exact) mass is 479 g/mol. The van der Waals surface area contributed by atoms with Crippen molar-refractivity contribution < 1.29 is 24.0 Å². The summed E-state index contributed by atoms with van der Waals surface area (Å²) in [5.41, 5.74) is 0.416. The average Bonchev–Trinajstić information content (AvgIpc) is 2.88. The second kappa shape index (κ2) is 7.97. The second-order valence-corrected chi connectivity index (χ2v) is 9.06. The first-order valence-corrected chi connectivity index (χ1v) is 11.2. The van der Waals surface area contributed by atoms with Gasteiger partial charge in [-0.1, -0.05) is 12.1 Å². The van der Waals surface area contributed by atoms with Crippen molar-refractivity contribution in [3.8, 4) is 5.75 Å². The van der Waals surface area contributed by atoms with E-state index in [1.54, 1.807) is 13.2 Å². The number of amides is 4. The minimum atomic E-state index is -1.61. The van der Waals surface area contributed by atoms with Crippen molar-refractivity contribution >= 4 is 34.9 Å². The fourth-order valence-electron chi connectivity index (χ4n) is 5.65. The molecule has 11 nitrogen and oxygen atoms in total. The number of nitro benzene ring substituents is 1. The van der Waals surface area contributed by atoms with Crippen LogP contribution in [0.2, 0.25) is 0 Å². The summed E-state index contributed by atoms with van der Waals surface area (Å²) in [6, 6.07) is 10.8. The predicted octanol–water partition coefficient (Wildman–Crippen LogP) is 1.89. The van der Waals surface area contributed by atoms with Gasteiger partial charge in [-0.3, -0.25) is 29.5 Å². The van der Waals surface area contributed by atoms with Gasteiger partial charge in [-0.25, -0.2) is 4.79 Å². The van der Waals surface area contributed by atoms with Gasteiger partial charge in [0.2, 0.25) is 11.8 Å². The lowest BCUT2D eigenvalue weighted by Crippen LogP contribution is -2.74. The van der Waals surface area contributed by atoms with Crippen molar-refractivity contribution in [2.75, 3.05) is 50.6 Å². The van der Waals surface area contributed by atoms with Crippen LogP contribution in [0.3, 0.4) is 0 Å². The van der Waals surface area contributed by atoms with Crippen LogP contribution in [0.5, 0.6) is 5.75 Å². The first kappa shape index (κ1) is 22.6. The van der Waals surface area contributed by atoms with E-state index in [2.05, 4.69) is 4.90 Å². The van der Waals surface area contributed by atoms with E-state index >= 15 is 0 Å². The number of anilines is 2. The van der Waals surface area contributed by atoms with Crippen molar-refractivity contribution in [1.82, 2.24) is 9.80 Å². The Labute approximate surface area is 201 Å². The Bertz CT molecular complexity index is 1240. The molecule has 2 fully saturated rings. The summed E-state index contributed by atoms with van der Waals surface area (Å²) in [4.78, 5) is 57.1. The first-order valence-electron chi connectivity index (χ1n) is 11.2. The van der Waals surface area contributed by atoms with Crippen LogP contribution in [0.4, 0.5) is 21.9 Å². The molecule has 0 N–H and O–H groups in total. The number of nitro groups is 1. The summed E-state index contributed by atoms with van der Waals surface area (Å²) in [5, 5.41) is 11.5. The molecule has 35 heavy (non-hydrogen) atoms. The number of nitrogens with zero attached hydrogens (tertiary/aromatic N) is 5. The molecule has 3 aliphatic heterocycles. The Hall–Kier alpha value is -4.15. The zero-order valence-electron chi connectivity index (χ0n) is 19.6. The highest BCUT2D eigenvalue weighted by molar-refractivity contribution is 6.20. The maximum atomic E-state index is 13.8. The summed E-state index contributed by atoms with van der Waals surface area (Å²) < 4.78 is 5.54. The number of piperazine rings is 1. The number of methoxy groups -OCH3 is 1. The molecule has 3 heterocycles. The molecule has 0 aromatic heterocycles. The van der Waals surface area contributed by atoms with E-state index in [-0.39, 0.29) is 12.1 Å². The van der Waals surface area contributed by atoms with Crippen molar-refractivity contribution in [3.05, 3.63) is 58.1 Å². The predicted molar refractivity (Wildman–Crippen MR) is 127 cm³/mol. The summed E-state index contributed by atoms with van der Waals surface area (Å²) in [6.07, 6.45) is -0.0371. The maximum absolute atomic E-state index is 13.8. The molecule has 4 amide bonds. The van der Waals surface area contributed by atoms with E-state index in [0.29, 0.717) is 30.9 Å². The molecule has 0 radical (unpaired) electrons. The molecule has 2 aromatic rings. The van der Waals surface area contributed by atoms with E-state index < -0.39 is 34.2 Å². The number of imide groups is 2. The van der Waals surface area contributed by atoms with Gasteiger partial charge in [0.1, 0.15) is 5.75 Å². The van der Waals surface area contributed by atoms with Crippen LogP contribution in [0.25, 0.3) is 0 Å². The minimum Gasteiger partial charge on any atom is -0.495 e. The SMILES string of the molecule is COc1ccccc1N1CCN2c3ccc([N+](=O)[O-])cc3CC3(C(=O)N(C)C(=O)N(C)C3=O)C2C1. The normalized spacial score (nSPS) is 21.2. The zero-order chi connectivity index (χ0) is 25.1. The van der Waals surface area contributed by atoms with Crippen molar-refractivity contribution in [1.29, 1.82) is 0 Å². The molecule has 0 aliphatic carbocycles. The maximum Gasteiger partial charge on any atom is 0.332 e. The number of barbiturate groups is 1. The molecule has 1 atom stereocenters. The number of hydrogen-bond acceptors (Lipinski definition) is 8. The van der Waals surface area contributed by atoms with E-state index in [1.165, 1.54) is 26.2 Å². The van der Waals surface area contributed by atoms with Crippen molar-refractivity contribution in [3.63, 3.8) is 0 Å². The third-order valence-corrected chi connectivity index (χ3v) is 7.37. The Morgan fingerprint density at radius 2 is 1.69 bits per heavy atom. The number of rotatable bonds is 3. The van der Waals surface area contributed by atoms with E-state index in [9.17, 15) is 24.5 Å². The van der Waals surface area contributed by atoms with Gasteiger partial charge >= 0.3 is 6.03 Å². The molecular weight excluding hydrogens is 454 g/mol. The van der Waals surface area contributed by atoms with Crippen LogP contribution >= 0.6 is 0 Å². The van der Waals surface area contributed by atoms with Gasteiger partial charge in [0.05, 0.1) is 23.8 Å². The van der Waals surface area contributed by atoms with Crippen LogP contribution in [0.1, 0.15) is 5.56 Å². The second-order valence-electron chi connectivity index (χ2n) is 9.06. The molecule has 0 bridgehead atoms. The fraction of sp³-hybridized carbons (Fsp3) is 0.375. The van der Waals surface area contributed by atoms with E-state index in [1.807, 2.05) is 29.2 Å². The standard InChI is InChI=1S/C24H25N5O6/c1-25-21(30)24(22(31)26(2)23(25)32)13-15-12-16(29(33)34)8-9-17(15)28-11-10-27(14-20(24)28)18-6-4-5-7-19(18)35-3/h4-9,12,20H,10-11,13-14H2,1-3H3. The van der Waals surface area contributed by atoms with Gasteiger partial charge in [-0.15, -0.1) is 0 Å². The Morgan fingerprint density at radius 1 is 1.00 bits per heavy atom. The topological polar surface area (TPSA) is 117 Å². The quantitative estimate of drug-likeness (QED) is 0.372. The highest BCUT2D eigenvalue weighted by atomic mass is 16.6. The van der Waals surface area contributed by atoms with Gasteiger partial charge in [-0.2, -0.15) is 0 Å². The molecule has 0 saturated carbocycles. The van der Waals surface area contributed by atoms with E-state index in [0.717, 1.165) is 21.2 Å². The van der Waals surface area contributed by atoms with Crippen LogP contribution in [0, 0.1) is 15.5 Å². The van der Waals surface area contributed by atoms with Gasteiger partial charge < -0.3 is 14.5 Å². The van der Waals surface area contributed by atoms with Gasteiger partial charge in [0.25, 0.3) is 5.69 Å². The van der Waals surface area contributed by atoms with Crippen molar-refractivity contribution in [2.45, 2.75) is 12.5 Å². The number of fused-ring (bicyclic) bond motifs is 4. The molecule has 11 heteroatoms. The molecule has 3 aliphatic rings. The largest absolute Gasteiger partial charge is 0.495 e. The number of para-hydroxylation sites is 2. The fourth-order valence-corrected chi connectivity index (χ4v) is 5.65. The molecular formula is C24H25N5O6. The number of benzene rings is 2. The Balaban J connectivity index is 1.67. The minimum absolute atomic E-state index is 0.0371. The number of carbonyl (C=O) groups excluding carboxylic acids is 3. The number of hydrogen-bond donors (Lipinski definition) is 0. The molecule has 1 spiro atoms. The third-order valence-electron chi connectivity index (χ3n) is 7.37. The molecule has 1 unspecified atom stereocenters. The smallest absolute Gasteiger partial charge is 0.332 e.